The van der Waals surface area contributed by atoms with Crippen LogP contribution in [-0.4, -0.2) is 5.92 Å². The summed E-state index contributed by atoms with van der Waals surface area (Å²) in [6.45, 7) is 2.34. The maximum atomic E-state index is 2.66. The number of allylic oxidation sites excluding steroid dienone is 1. The quantitative estimate of drug-likeness (QED) is 0.241. The first-order valence-corrected chi connectivity index (χ1v) is 23.1. The summed E-state index contributed by atoms with van der Waals surface area (Å²) in [4.78, 5) is 0. The summed E-state index contributed by atoms with van der Waals surface area (Å²) in [5.74, 6) is -1.09. The molecule has 0 radical (unpaired) electrons. The second-order valence-corrected chi connectivity index (χ2v) is 26.2. The molecule has 2 heterocycles. The monoisotopic (exact) mass is 663 g/mol. The maximum absolute atomic E-state index is 2.66. The van der Waals surface area contributed by atoms with Gasteiger partial charge in [-0.1, -0.05) is 0 Å². The molecule has 5 aromatic rings. The Balaban J connectivity index is 0.00000151. The number of hydrogen-bond acceptors (Lipinski definition) is 0. The number of hydrogen-bond donors (Lipinski definition) is 0. The molecule has 0 spiro atoms. The fourth-order valence-corrected chi connectivity index (χ4v) is 33.7. The molecule has 5 aromatic carbocycles. The van der Waals surface area contributed by atoms with Gasteiger partial charge in [0.2, 0.25) is 0 Å². The zero-order valence-corrected chi connectivity index (χ0v) is 28.2. The van der Waals surface area contributed by atoms with E-state index in [0.29, 0.717) is 3.63 Å². The van der Waals surface area contributed by atoms with Crippen LogP contribution in [0.2, 0.25) is 0 Å². The first-order chi connectivity index (χ1) is 19.3. The van der Waals surface area contributed by atoms with Crippen molar-refractivity contribution in [3.05, 3.63) is 132 Å². The Morgan fingerprint density at radius 2 is 1.34 bits per heavy atom. The molecule has 0 nitrogen and oxygen atoms in total. The van der Waals surface area contributed by atoms with Gasteiger partial charge in [-0.05, 0) is 0 Å². The predicted octanol–water partition coefficient (Wildman–Crippen LogP) is 1.43. The third-order valence-electron chi connectivity index (χ3n) is 9.15. The fraction of sp³-hybridized carbons (Fsp3) is 0.135. The first kappa shape index (κ1) is 28.6. The van der Waals surface area contributed by atoms with Crippen LogP contribution in [0.4, 0.5) is 0 Å². The summed E-state index contributed by atoms with van der Waals surface area (Å²) in [6.07, 6.45) is 6.45. The third kappa shape index (κ3) is 4.42. The number of benzene rings is 5. The molecule has 0 bridgehead atoms. The predicted molar refractivity (Wildman–Crippen MR) is 165 cm³/mol. The van der Waals surface area contributed by atoms with Crippen LogP contribution in [0.25, 0.3) is 39.5 Å². The summed E-state index contributed by atoms with van der Waals surface area (Å²) < 4.78 is 2.52. The molecular weight excluding hydrogens is 635 g/mol. The third-order valence-corrected chi connectivity index (χ3v) is 31.4. The van der Waals surface area contributed by atoms with Gasteiger partial charge in [-0.3, -0.25) is 0 Å². The van der Waals surface area contributed by atoms with E-state index in [-0.39, 0.29) is 24.8 Å². The fourth-order valence-electron chi connectivity index (χ4n) is 7.49. The largest absolute Gasteiger partial charge is 1.00 e. The van der Waals surface area contributed by atoms with Crippen molar-refractivity contribution in [3.63, 3.8) is 0 Å². The van der Waals surface area contributed by atoms with E-state index in [1.807, 2.05) is 8.46 Å². The Hall–Kier alpha value is -2.48. The van der Waals surface area contributed by atoms with Crippen molar-refractivity contribution in [2.24, 2.45) is 0 Å². The van der Waals surface area contributed by atoms with Crippen LogP contribution in [0.15, 0.2) is 121 Å². The molecule has 0 saturated carbocycles. The molecule has 1 aliphatic carbocycles. The molecule has 2 atom stereocenters. The van der Waals surface area contributed by atoms with Gasteiger partial charge in [-0.15, -0.1) is 0 Å². The van der Waals surface area contributed by atoms with E-state index in [1.165, 1.54) is 47.1 Å². The molecule has 0 aromatic heterocycles. The summed E-state index contributed by atoms with van der Waals surface area (Å²) >= 11 is -2.00. The van der Waals surface area contributed by atoms with Gasteiger partial charge in [0.1, 0.15) is 0 Å². The molecule has 0 fully saturated rings. The molecule has 3 aliphatic rings. The van der Waals surface area contributed by atoms with Crippen molar-refractivity contribution in [1.29, 1.82) is 0 Å². The number of halogens is 2. The maximum Gasteiger partial charge on any atom is -1.00 e. The van der Waals surface area contributed by atoms with Crippen LogP contribution in [0, 0.1) is 0 Å². The minimum Gasteiger partial charge on any atom is -1.00 e. The molecular formula is C37H31Cl2SiZr. The van der Waals surface area contributed by atoms with E-state index < -0.39 is 26.8 Å². The van der Waals surface area contributed by atoms with E-state index in [4.69, 9.17) is 0 Å². The standard InChI is InChI=1S/C25H23.C12H8Si.2ClH.Zr/c1-2-3-10-19-17-22-15-16-23(20-11-6-4-7-12-20)25(24(22)18-19)21-13-8-5-9-14-21;1-3-7-11-9(5-1)10-6-2-4-8-12(10)13-11;;;/h4-9,11-18H,2-3,10H2,1H3;1-7,13H;2*1H;/q;;;;+2/p-2. The van der Waals surface area contributed by atoms with Crippen LogP contribution < -0.4 is 38.5 Å². The van der Waals surface area contributed by atoms with Crippen molar-refractivity contribution in [1.82, 2.24) is 0 Å². The number of fused-ring (bicyclic) bond motifs is 4. The molecule has 4 heteroatoms. The molecule has 2 aliphatic heterocycles. The van der Waals surface area contributed by atoms with E-state index in [2.05, 4.69) is 128 Å². The Morgan fingerprint density at radius 1 is 0.659 bits per heavy atom. The van der Waals surface area contributed by atoms with Crippen LogP contribution in [0.3, 0.4) is 0 Å². The average molecular weight is 666 g/mol. The molecule has 0 amide bonds. The Kier molecular flexibility index (Phi) is 8.14. The van der Waals surface area contributed by atoms with Crippen molar-refractivity contribution < 1.29 is 45.7 Å². The average Bonchev–Trinajstić information content (AvgIpc) is 3.51. The minimum atomic E-state index is -2.00. The van der Waals surface area contributed by atoms with Crippen molar-refractivity contribution in [3.8, 4) is 33.4 Å². The van der Waals surface area contributed by atoms with Crippen molar-refractivity contribution in [2.75, 3.05) is 0 Å². The number of unbranched alkanes of at least 4 members (excludes halogenated alkanes) is 1. The van der Waals surface area contributed by atoms with Gasteiger partial charge in [0.05, 0.1) is 0 Å². The zero-order valence-electron chi connectivity index (χ0n) is 23.1. The molecule has 0 saturated heterocycles. The summed E-state index contributed by atoms with van der Waals surface area (Å²) in [6, 6.07) is 43.9. The second kappa shape index (κ2) is 11.7. The minimum absolute atomic E-state index is 0. The van der Waals surface area contributed by atoms with Crippen molar-refractivity contribution >= 4 is 25.6 Å². The van der Waals surface area contributed by atoms with Crippen molar-refractivity contribution in [2.45, 2.75) is 29.8 Å². The normalized spacial score (nSPS) is 16.9. The SMILES string of the molecule is CCCCC1=Cc2c(ccc(-c3ccccc3)c2-c2ccccc2)[CH]1[Zr+2]1[c]2cccc3c2[SiH]1c1ccccc1-3.[Cl-].[Cl-]. The summed E-state index contributed by atoms with van der Waals surface area (Å²) in [7, 11) is 0. The van der Waals surface area contributed by atoms with Crippen LogP contribution in [0.5, 0.6) is 0 Å². The second-order valence-electron chi connectivity index (χ2n) is 11.2. The van der Waals surface area contributed by atoms with E-state index in [1.54, 1.807) is 27.5 Å². The van der Waals surface area contributed by atoms with Crippen LogP contribution >= 0.6 is 0 Å². The number of rotatable bonds is 6. The molecule has 2 unspecified atom stereocenters. The van der Waals surface area contributed by atoms with Gasteiger partial charge in [0, 0.05) is 0 Å². The summed E-state index contributed by atoms with van der Waals surface area (Å²) in [5.41, 5.74) is 13.5. The zero-order chi connectivity index (χ0) is 25.9. The van der Waals surface area contributed by atoms with Gasteiger partial charge in [-0.2, -0.15) is 0 Å². The van der Waals surface area contributed by atoms with E-state index >= 15 is 0 Å². The Labute approximate surface area is 264 Å². The Morgan fingerprint density at radius 3 is 2.10 bits per heavy atom. The van der Waals surface area contributed by atoms with Crippen LogP contribution in [-0.2, 0) is 20.9 Å². The topological polar surface area (TPSA) is 0 Å². The molecule has 0 N–H and O–H groups in total. The van der Waals surface area contributed by atoms with Gasteiger partial charge >= 0.3 is 242 Å². The van der Waals surface area contributed by atoms with Gasteiger partial charge in [-0.25, -0.2) is 0 Å². The smallest absolute Gasteiger partial charge is 1.00 e. The molecule has 8 rings (SSSR count). The first-order valence-electron chi connectivity index (χ1n) is 14.4. The Bertz CT molecular complexity index is 1760. The molecule has 41 heavy (non-hydrogen) atoms. The van der Waals surface area contributed by atoms with Gasteiger partial charge in [0.15, 0.2) is 0 Å². The van der Waals surface area contributed by atoms with Gasteiger partial charge in [0.25, 0.3) is 0 Å². The molecule has 201 valence electrons. The van der Waals surface area contributed by atoms with Crippen LogP contribution in [0.1, 0.15) is 40.9 Å². The van der Waals surface area contributed by atoms with E-state index in [0.717, 1.165) is 0 Å². The summed E-state index contributed by atoms with van der Waals surface area (Å²) in [5, 5.41) is 3.58. The van der Waals surface area contributed by atoms with E-state index in [9.17, 15) is 0 Å². The van der Waals surface area contributed by atoms with Gasteiger partial charge < -0.3 is 24.8 Å².